The fraction of sp³-hybridized carbons (Fsp3) is 0.122. The molecule has 1 atom stereocenters. The number of hydrogen-bond donors (Lipinski definition) is 3. The smallest absolute Gasteiger partial charge is 0.272 e. The highest BCUT2D eigenvalue weighted by atomic mass is 32.2. The van der Waals surface area contributed by atoms with E-state index in [2.05, 4.69) is 29.8 Å². The lowest BCUT2D eigenvalue weighted by Crippen LogP contribution is -2.30. The number of hydrogen-bond acceptors (Lipinski definition) is 5. The number of amides is 3. The van der Waals surface area contributed by atoms with Gasteiger partial charge in [-0.3, -0.25) is 19.2 Å². The maximum Gasteiger partial charge on any atom is 0.272 e. The fourth-order valence-corrected chi connectivity index (χ4v) is 5.96. The molecule has 7 nitrogen and oxygen atoms in total. The van der Waals surface area contributed by atoms with Crippen molar-refractivity contribution in [1.29, 1.82) is 0 Å². The zero-order valence-corrected chi connectivity index (χ0v) is 28.3. The van der Waals surface area contributed by atoms with Crippen LogP contribution in [0.3, 0.4) is 0 Å². The molecule has 3 amide bonds. The topological polar surface area (TPSA) is 104 Å². The van der Waals surface area contributed by atoms with E-state index in [-0.39, 0.29) is 17.4 Å². The number of anilines is 2. The molecule has 5 aromatic carbocycles. The van der Waals surface area contributed by atoms with Gasteiger partial charge >= 0.3 is 0 Å². The molecule has 5 aromatic rings. The maximum absolute atomic E-state index is 13.6. The molecule has 49 heavy (non-hydrogen) atoms. The molecule has 3 N–H and O–H groups in total. The number of nitrogens with one attached hydrogen (secondary N) is 3. The van der Waals surface area contributed by atoms with Crippen molar-refractivity contribution in [2.45, 2.75) is 36.8 Å². The third kappa shape index (κ3) is 9.65. The molecule has 0 fully saturated rings. The zero-order valence-electron chi connectivity index (χ0n) is 27.5. The van der Waals surface area contributed by atoms with E-state index in [4.69, 9.17) is 0 Å². The van der Waals surface area contributed by atoms with Gasteiger partial charge in [-0.2, -0.15) is 0 Å². The van der Waals surface area contributed by atoms with Gasteiger partial charge in [0.15, 0.2) is 5.78 Å². The van der Waals surface area contributed by atoms with Gasteiger partial charge in [-0.05, 0) is 96.3 Å². The summed E-state index contributed by atoms with van der Waals surface area (Å²) in [6, 6.07) is 40.0. The largest absolute Gasteiger partial charge is 0.325 e. The highest BCUT2D eigenvalue weighted by molar-refractivity contribution is 8.00. The molecule has 0 saturated carbocycles. The van der Waals surface area contributed by atoms with Crippen molar-refractivity contribution < 1.29 is 19.2 Å². The number of benzene rings is 5. The van der Waals surface area contributed by atoms with E-state index in [1.807, 2.05) is 72.8 Å². The van der Waals surface area contributed by atoms with E-state index in [0.29, 0.717) is 28.4 Å². The van der Waals surface area contributed by atoms with Crippen molar-refractivity contribution >= 4 is 52.7 Å². The van der Waals surface area contributed by atoms with Crippen molar-refractivity contribution in [1.82, 2.24) is 5.32 Å². The number of thioether (sulfide) groups is 1. The lowest BCUT2D eigenvalue weighted by atomic mass is 10.0. The second kappa shape index (κ2) is 16.4. The summed E-state index contributed by atoms with van der Waals surface area (Å²) >= 11 is 1.37. The van der Waals surface area contributed by atoms with Crippen LogP contribution < -0.4 is 16.0 Å². The predicted octanol–water partition coefficient (Wildman–Crippen LogP) is 8.89. The lowest BCUT2D eigenvalue weighted by molar-refractivity contribution is -0.116. The summed E-state index contributed by atoms with van der Waals surface area (Å²) in [5, 5.41) is 8.07. The first kappa shape index (κ1) is 34.6. The molecule has 246 valence electrons. The van der Waals surface area contributed by atoms with Crippen molar-refractivity contribution in [2.75, 3.05) is 10.6 Å². The Morgan fingerprint density at radius 2 is 1.18 bits per heavy atom. The Morgan fingerprint density at radius 3 is 1.78 bits per heavy atom. The molecule has 1 unspecified atom stereocenters. The van der Waals surface area contributed by atoms with Gasteiger partial charge in [-0.1, -0.05) is 86.6 Å². The van der Waals surface area contributed by atoms with Crippen LogP contribution >= 0.6 is 11.8 Å². The minimum absolute atomic E-state index is 0.0455. The number of rotatable bonds is 12. The second-order valence-electron chi connectivity index (χ2n) is 11.7. The van der Waals surface area contributed by atoms with Crippen LogP contribution in [0.25, 0.3) is 6.08 Å². The standard InChI is InChI=1S/C41H37N3O4S/c1-27(2)30-16-14-29(15-17-30)26-37(44-39(46)33-12-8-5-9-13-33)40(47)42-35-22-24-36(25-23-35)49-38(32-10-6-4-7-11-32)41(48)43-34-20-18-31(19-21-34)28(3)45/h4-27,38H,1-3H3,(H,42,47)(H,43,48)(H,44,46)/b37-26-. The molecule has 0 radical (unpaired) electrons. The number of ketones is 1. The molecule has 0 heterocycles. The van der Waals surface area contributed by atoms with Crippen molar-refractivity contribution in [2.24, 2.45) is 0 Å². The van der Waals surface area contributed by atoms with Gasteiger partial charge < -0.3 is 16.0 Å². The summed E-state index contributed by atoms with van der Waals surface area (Å²) in [6.07, 6.45) is 1.65. The van der Waals surface area contributed by atoms with Crippen LogP contribution in [0.1, 0.15) is 69.3 Å². The van der Waals surface area contributed by atoms with Crippen LogP contribution in [0.5, 0.6) is 0 Å². The Morgan fingerprint density at radius 1 is 0.612 bits per heavy atom. The molecule has 0 bridgehead atoms. The van der Waals surface area contributed by atoms with Gasteiger partial charge in [-0.15, -0.1) is 11.8 Å². The van der Waals surface area contributed by atoms with Crippen LogP contribution in [-0.2, 0) is 9.59 Å². The normalized spacial score (nSPS) is 11.8. The molecule has 8 heteroatoms. The first-order valence-corrected chi connectivity index (χ1v) is 16.8. The van der Waals surface area contributed by atoms with E-state index < -0.39 is 17.1 Å². The highest BCUT2D eigenvalue weighted by Gasteiger charge is 2.23. The van der Waals surface area contributed by atoms with Gasteiger partial charge in [0, 0.05) is 27.4 Å². The van der Waals surface area contributed by atoms with E-state index in [1.54, 1.807) is 66.7 Å². The van der Waals surface area contributed by atoms with Crippen molar-refractivity contribution in [3.63, 3.8) is 0 Å². The quantitative estimate of drug-likeness (QED) is 0.0701. The average molecular weight is 668 g/mol. The van der Waals surface area contributed by atoms with Crippen LogP contribution in [0.4, 0.5) is 11.4 Å². The molecule has 0 aliphatic rings. The van der Waals surface area contributed by atoms with Crippen LogP contribution in [0.15, 0.2) is 144 Å². The number of carbonyl (C=O) groups is 4. The maximum atomic E-state index is 13.6. The number of Topliss-reactive ketones (excluding diaryl/α,β-unsaturated/α-hetero) is 1. The summed E-state index contributed by atoms with van der Waals surface area (Å²) < 4.78 is 0. The molecule has 0 spiro atoms. The summed E-state index contributed by atoms with van der Waals surface area (Å²) in [7, 11) is 0. The minimum atomic E-state index is -0.570. The summed E-state index contributed by atoms with van der Waals surface area (Å²) in [5.74, 6) is -0.768. The van der Waals surface area contributed by atoms with Crippen molar-refractivity contribution in [3.05, 3.63) is 167 Å². The Labute approximate surface area is 290 Å². The molecular formula is C41H37N3O4S. The average Bonchev–Trinajstić information content (AvgIpc) is 3.12. The SMILES string of the molecule is CC(=O)c1ccc(NC(=O)C(Sc2ccc(NC(=O)/C(=C/c3ccc(C(C)C)cc3)NC(=O)c3ccccc3)cc2)c2ccccc2)cc1. The third-order valence-corrected chi connectivity index (χ3v) is 8.97. The fourth-order valence-electron chi connectivity index (χ4n) is 4.93. The summed E-state index contributed by atoms with van der Waals surface area (Å²) in [4.78, 5) is 52.6. The Kier molecular flexibility index (Phi) is 11.6. The molecule has 0 aromatic heterocycles. The minimum Gasteiger partial charge on any atom is -0.325 e. The molecule has 5 rings (SSSR count). The number of carbonyl (C=O) groups excluding carboxylic acids is 4. The van der Waals surface area contributed by atoms with E-state index in [0.717, 1.165) is 16.0 Å². The molecule has 0 saturated heterocycles. The molecular weight excluding hydrogens is 631 g/mol. The van der Waals surface area contributed by atoms with E-state index >= 15 is 0 Å². The van der Waals surface area contributed by atoms with Gasteiger partial charge in [0.1, 0.15) is 10.9 Å². The van der Waals surface area contributed by atoms with Gasteiger partial charge in [0.2, 0.25) is 5.91 Å². The Hall–Kier alpha value is -5.73. The van der Waals surface area contributed by atoms with E-state index in [1.165, 1.54) is 24.2 Å². The molecule has 0 aliphatic heterocycles. The Balaban J connectivity index is 1.32. The third-order valence-electron chi connectivity index (χ3n) is 7.71. The summed E-state index contributed by atoms with van der Waals surface area (Å²) in [5.41, 5.74) is 4.99. The highest BCUT2D eigenvalue weighted by Crippen LogP contribution is 2.37. The van der Waals surface area contributed by atoms with Crippen LogP contribution in [0, 0.1) is 0 Å². The lowest BCUT2D eigenvalue weighted by Gasteiger charge is -2.18. The van der Waals surface area contributed by atoms with E-state index in [9.17, 15) is 19.2 Å². The van der Waals surface area contributed by atoms with Gasteiger partial charge in [-0.25, -0.2) is 0 Å². The molecule has 0 aliphatic carbocycles. The Bertz CT molecular complexity index is 1940. The summed E-state index contributed by atoms with van der Waals surface area (Å²) in [6.45, 7) is 5.72. The van der Waals surface area contributed by atoms with Crippen LogP contribution in [-0.4, -0.2) is 23.5 Å². The van der Waals surface area contributed by atoms with Gasteiger partial charge in [0.05, 0.1) is 0 Å². The first-order chi connectivity index (χ1) is 23.7. The predicted molar refractivity (Wildman–Crippen MR) is 198 cm³/mol. The zero-order chi connectivity index (χ0) is 34.8. The monoisotopic (exact) mass is 667 g/mol. The second-order valence-corrected chi connectivity index (χ2v) is 12.9. The van der Waals surface area contributed by atoms with Crippen LogP contribution in [0.2, 0.25) is 0 Å². The first-order valence-electron chi connectivity index (χ1n) is 15.9. The van der Waals surface area contributed by atoms with Gasteiger partial charge in [0.25, 0.3) is 11.8 Å². The van der Waals surface area contributed by atoms with Crippen molar-refractivity contribution in [3.8, 4) is 0 Å².